The second-order valence-corrected chi connectivity index (χ2v) is 4.87. The van der Waals surface area contributed by atoms with E-state index in [0.717, 1.165) is 11.6 Å². The van der Waals surface area contributed by atoms with Crippen molar-refractivity contribution in [1.82, 2.24) is 20.0 Å². The Morgan fingerprint density at radius 1 is 1.58 bits per heavy atom. The third kappa shape index (κ3) is 3.15. The molecule has 19 heavy (non-hydrogen) atoms. The van der Waals surface area contributed by atoms with Crippen LogP contribution in [0.1, 0.15) is 35.3 Å². The molecule has 2 rings (SSSR count). The molecule has 0 aliphatic rings. The smallest absolute Gasteiger partial charge is 0.260 e. The Hall–Kier alpha value is -1.80. The summed E-state index contributed by atoms with van der Waals surface area (Å²) in [5.74, 6) is -0.243. The summed E-state index contributed by atoms with van der Waals surface area (Å²) in [5, 5.41) is 15.8. The number of carbonyl (C=O) groups excluding carboxylic acids is 1. The van der Waals surface area contributed by atoms with E-state index in [-0.39, 0.29) is 12.0 Å². The molecule has 2 aromatic heterocycles. The molecule has 102 valence electrons. The molecule has 0 aromatic carbocycles. The Kier molecular flexibility index (Phi) is 4.23. The number of aromatic nitrogens is 4. The number of methoxy groups -OCH3 is 1. The molecule has 2 aromatic rings. The molecule has 0 radical (unpaired) electrons. The van der Waals surface area contributed by atoms with Crippen molar-refractivity contribution in [3.05, 3.63) is 23.0 Å². The predicted octanol–water partition coefficient (Wildman–Crippen LogP) is 1.71. The van der Waals surface area contributed by atoms with Crippen LogP contribution in [0.5, 0.6) is 0 Å². The third-order valence-electron chi connectivity index (χ3n) is 2.58. The highest BCUT2D eigenvalue weighted by atomic mass is 32.1. The second kappa shape index (κ2) is 5.89. The fraction of sp³-hybridized carbons (Fsp3) is 0.455. The average Bonchev–Trinajstić information content (AvgIpc) is 3.06. The number of hydrogen-bond donors (Lipinski definition) is 1. The van der Waals surface area contributed by atoms with Gasteiger partial charge in [0, 0.05) is 19.9 Å². The highest BCUT2D eigenvalue weighted by Gasteiger charge is 2.14. The van der Waals surface area contributed by atoms with Crippen LogP contribution in [0.15, 0.2) is 12.4 Å². The summed E-state index contributed by atoms with van der Waals surface area (Å²) in [7, 11) is 1.60. The molecule has 0 unspecified atom stereocenters. The molecule has 0 aliphatic carbocycles. The van der Waals surface area contributed by atoms with E-state index in [1.54, 1.807) is 18.0 Å². The van der Waals surface area contributed by atoms with Crippen molar-refractivity contribution in [2.24, 2.45) is 0 Å². The lowest BCUT2D eigenvalue weighted by Crippen LogP contribution is -2.10. The Bertz CT molecular complexity index is 565. The van der Waals surface area contributed by atoms with Gasteiger partial charge in [0.1, 0.15) is 11.1 Å². The number of aryl methyl sites for hydroxylation is 1. The van der Waals surface area contributed by atoms with Gasteiger partial charge in [0.2, 0.25) is 5.13 Å². The van der Waals surface area contributed by atoms with Crippen molar-refractivity contribution >= 4 is 22.4 Å². The van der Waals surface area contributed by atoms with E-state index in [4.69, 9.17) is 4.74 Å². The number of nitrogens with one attached hydrogen (secondary N) is 1. The first kappa shape index (κ1) is 13.6. The van der Waals surface area contributed by atoms with Crippen LogP contribution >= 0.6 is 11.3 Å². The Labute approximate surface area is 114 Å². The van der Waals surface area contributed by atoms with Crippen molar-refractivity contribution < 1.29 is 9.53 Å². The summed E-state index contributed by atoms with van der Waals surface area (Å²) in [5.41, 5.74) is 0.499. The minimum absolute atomic E-state index is 0.133. The van der Waals surface area contributed by atoms with Gasteiger partial charge in [0.05, 0.1) is 11.8 Å². The topological polar surface area (TPSA) is 81.9 Å². The maximum absolute atomic E-state index is 11.9. The normalized spacial score (nSPS) is 12.4. The SMILES string of the molecule is CCn1cc(C(=O)Nc2nnc([C@H](C)OC)s2)cn1. The van der Waals surface area contributed by atoms with Gasteiger partial charge in [0.15, 0.2) is 0 Å². The predicted molar refractivity (Wildman–Crippen MR) is 71.2 cm³/mol. The van der Waals surface area contributed by atoms with Crippen LogP contribution in [0.3, 0.4) is 0 Å². The second-order valence-electron chi connectivity index (χ2n) is 3.86. The fourth-order valence-electron chi connectivity index (χ4n) is 1.37. The van der Waals surface area contributed by atoms with Crippen LogP contribution in [-0.4, -0.2) is 33.0 Å². The van der Waals surface area contributed by atoms with E-state index < -0.39 is 0 Å². The number of amides is 1. The number of nitrogens with zero attached hydrogens (tertiary/aromatic N) is 4. The van der Waals surface area contributed by atoms with E-state index >= 15 is 0 Å². The van der Waals surface area contributed by atoms with Crippen molar-refractivity contribution in [2.75, 3.05) is 12.4 Å². The number of hydrogen-bond acceptors (Lipinski definition) is 6. The van der Waals surface area contributed by atoms with E-state index in [1.165, 1.54) is 17.5 Å². The summed E-state index contributed by atoms with van der Waals surface area (Å²) in [4.78, 5) is 11.9. The van der Waals surface area contributed by atoms with E-state index in [9.17, 15) is 4.79 Å². The highest BCUT2D eigenvalue weighted by molar-refractivity contribution is 7.15. The van der Waals surface area contributed by atoms with Crippen LogP contribution in [0.2, 0.25) is 0 Å². The van der Waals surface area contributed by atoms with E-state index in [2.05, 4.69) is 20.6 Å². The molecule has 1 amide bonds. The molecule has 0 spiro atoms. The molecule has 0 bridgehead atoms. The first-order valence-electron chi connectivity index (χ1n) is 5.84. The molecule has 2 heterocycles. The van der Waals surface area contributed by atoms with Gasteiger partial charge in [-0.2, -0.15) is 5.10 Å². The number of carbonyl (C=O) groups is 1. The van der Waals surface area contributed by atoms with Crippen molar-refractivity contribution in [3.8, 4) is 0 Å². The van der Waals surface area contributed by atoms with Crippen LogP contribution in [-0.2, 0) is 11.3 Å². The van der Waals surface area contributed by atoms with Gasteiger partial charge in [-0.3, -0.25) is 14.8 Å². The maximum Gasteiger partial charge on any atom is 0.260 e. The lowest BCUT2D eigenvalue weighted by atomic mass is 10.3. The summed E-state index contributed by atoms with van der Waals surface area (Å²) in [6, 6.07) is 0. The standard InChI is InChI=1S/C11H15N5O2S/c1-4-16-6-8(5-12-16)9(17)13-11-15-14-10(19-11)7(2)18-3/h5-7H,4H2,1-3H3,(H,13,15,17)/t7-/m0/s1. The molecule has 8 heteroatoms. The molecule has 0 saturated carbocycles. The Morgan fingerprint density at radius 3 is 3.00 bits per heavy atom. The first-order chi connectivity index (χ1) is 9.13. The van der Waals surface area contributed by atoms with Crippen molar-refractivity contribution in [2.45, 2.75) is 26.5 Å². The monoisotopic (exact) mass is 281 g/mol. The van der Waals surface area contributed by atoms with Gasteiger partial charge < -0.3 is 4.74 Å². The lowest BCUT2D eigenvalue weighted by Gasteiger charge is -2.02. The summed E-state index contributed by atoms with van der Waals surface area (Å²) < 4.78 is 6.83. The molecule has 1 N–H and O–H groups in total. The summed E-state index contributed by atoms with van der Waals surface area (Å²) >= 11 is 1.29. The van der Waals surface area contributed by atoms with Gasteiger partial charge in [-0.15, -0.1) is 10.2 Å². The molecule has 0 aliphatic heterocycles. The van der Waals surface area contributed by atoms with Crippen LogP contribution < -0.4 is 5.32 Å². The van der Waals surface area contributed by atoms with E-state index in [0.29, 0.717) is 10.7 Å². The Balaban J connectivity index is 2.04. The molecule has 0 saturated heterocycles. The maximum atomic E-state index is 11.9. The van der Waals surface area contributed by atoms with Crippen molar-refractivity contribution in [3.63, 3.8) is 0 Å². The van der Waals surface area contributed by atoms with Gasteiger partial charge in [-0.25, -0.2) is 0 Å². The van der Waals surface area contributed by atoms with Gasteiger partial charge in [0.25, 0.3) is 5.91 Å². The van der Waals surface area contributed by atoms with Crippen molar-refractivity contribution in [1.29, 1.82) is 0 Å². The quantitative estimate of drug-likeness (QED) is 0.902. The van der Waals surface area contributed by atoms with Gasteiger partial charge in [-0.05, 0) is 13.8 Å². The minimum Gasteiger partial charge on any atom is -0.374 e. The number of rotatable bonds is 5. The number of anilines is 1. The zero-order valence-electron chi connectivity index (χ0n) is 11.0. The molecular weight excluding hydrogens is 266 g/mol. The summed E-state index contributed by atoms with van der Waals surface area (Å²) in [6.07, 6.45) is 3.08. The minimum atomic E-state index is -0.243. The molecule has 7 nitrogen and oxygen atoms in total. The zero-order chi connectivity index (χ0) is 13.8. The summed E-state index contributed by atoms with van der Waals surface area (Å²) in [6.45, 7) is 4.55. The number of ether oxygens (including phenoxy) is 1. The highest BCUT2D eigenvalue weighted by Crippen LogP contribution is 2.23. The fourth-order valence-corrected chi connectivity index (χ4v) is 2.14. The van der Waals surface area contributed by atoms with E-state index in [1.807, 2.05) is 13.8 Å². The largest absolute Gasteiger partial charge is 0.374 e. The van der Waals surface area contributed by atoms with Crippen LogP contribution in [0.4, 0.5) is 5.13 Å². The van der Waals surface area contributed by atoms with Gasteiger partial charge in [-0.1, -0.05) is 11.3 Å². The first-order valence-corrected chi connectivity index (χ1v) is 6.65. The Morgan fingerprint density at radius 2 is 2.37 bits per heavy atom. The van der Waals surface area contributed by atoms with Crippen LogP contribution in [0, 0.1) is 0 Å². The van der Waals surface area contributed by atoms with Gasteiger partial charge >= 0.3 is 0 Å². The third-order valence-corrected chi connectivity index (χ3v) is 3.58. The molecule has 0 fully saturated rings. The molecule has 1 atom stereocenters. The van der Waals surface area contributed by atoms with Crippen LogP contribution in [0.25, 0.3) is 0 Å². The molecular formula is C11H15N5O2S. The zero-order valence-corrected chi connectivity index (χ0v) is 11.8. The average molecular weight is 281 g/mol. The lowest BCUT2D eigenvalue weighted by molar-refractivity contribution is 0.102.